The van der Waals surface area contributed by atoms with Gasteiger partial charge in [0.1, 0.15) is 6.61 Å². The highest BCUT2D eigenvalue weighted by molar-refractivity contribution is 5.68. The van der Waals surface area contributed by atoms with Crippen molar-refractivity contribution in [3.63, 3.8) is 0 Å². The van der Waals surface area contributed by atoms with Gasteiger partial charge in [-0.15, -0.1) is 6.42 Å². The van der Waals surface area contributed by atoms with Crippen LogP contribution < -0.4 is 5.32 Å². The van der Waals surface area contributed by atoms with Crippen molar-refractivity contribution in [3.05, 3.63) is 35.9 Å². The van der Waals surface area contributed by atoms with Gasteiger partial charge < -0.3 is 10.1 Å². The fourth-order valence-corrected chi connectivity index (χ4v) is 1.39. The van der Waals surface area contributed by atoms with Gasteiger partial charge in [-0.1, -0.05) is 57.0 Å². The molecule has 3 nitrogen and oxygen atoms in total. The summed E-state index contributed by atoms with van der Waals surface area (Å²) in [5.41, 5.74) is 0.751. The lowest BCUT2D eigenvalue weighted by Gasteiger charge is -2.26. The number of alkyl carbamates (subject to hydrolysis) is 1. The Morgan fingerprint density at radius 3 is 2.50 bits per heavy atom. The smallest absolute Gasteiger partial charge is 0.408 e. The molecule has 0 aliphatic carbocycles. The lowest BCUT2D eigenvalue weighted by Crippen LogP contribution is -2.42. The molecule has 0 aliphatic rings. The molecule has 96 valence electrons. The third-order valence-electron chi connectivity index (χ3n) is 2.51. The van der Waals surface area contributed by atoms with Gasteiger partial charge in [0.25, 0.3) is 0 Å². The lowest BCUT2D eigenvalue weighted by atomic mass is 9.87. The number of rotatable bonds is 3. The molecule has 18 heavy (non-hydrogen) atoms. The Balaban J connectivity index is 2.45. The van der Waals surface area contributed by atoms with Gasteiger partial charge in [-0.2, -0.15) is 0 Å². The minimum absolute atomic E-state index is 0.194. The Morgan fingerprint density at radius 1 is 1.39 bits per heavy atom. The molecule has 0 unspecified atom stereocenters. The maximum absolute atomic E-state index is 11.6. The summed E-state index contributed by atoms with van der Waals surface area (Å²) >= 11 is 0. The zero-order chi connectivity index (χ0) is 13.6. The van der Waals surface area contributed by atoms with Gasteiger partial charge in [-0.05, 0) is 11.0 Å². The highest BCUT2D eigenvalue weighted by atomic mass is 16.5. The number of hydrogen-bond acceptors (Lipinski definition) is 2. The second-order valence-electron chi connectivity index (χ2n) is 5.17. The molecule has 1 N–H and O–H groups in total. The number of amides is 1. The summed E-state index contributed by atoms with van der Waals surface area (Å²) in [6.45, 7) is 6.15. The summed E-state index contributed by atoms with van der Waals surface area (Å²) in [5, 5.41) is 2.68. The Morgan fingerprint density at radius 2 is 2.00 bits per heavy atom. The van der Waals surface area contributed by atoms with Crippen LogP contribution in [0.1, 0.15) is 26.3 Å². The van der Waals surface area contributed by atoms with E-state index in [1.807, 2.05) is 51.1 Å². The minimum Gasteiger partial charge on any atom is -0.445 e. The average Bonchev–Trinajstić information content (AvgIpc) is 2.33. The first-order valence-corrected chi connectivity index (χ1v) is 5.87. The largest absolute Gasteiger partial charge is 0.445 e. The van der Waals surface area contributed by atoms with Crippen molar-refractivity contribution in [2.75, 3.05) is 0 Å². The Kier molecular flexibility index (Phi) is 4.79. The monoisotopic (exact) mass is 245 g/mol. The first kappa shape index (κ1) is 14.1. The molecule has 0 aliphatic heterocycles. The molecule has 1 rings (SSSR count). The molecule has 1 atom stereocenters. The van der Waals surface area contributed by atoms with E-state index in [1.165, 1.54) is 0 Å². The summed E-state index contributed by atoms with van der Waals surface area (Å²) in [6, 6.07) is 9.16. The summed E-state index contributed by atoms with van der Waals surface area (Å²) < 4.78 is 5.11. The van der Waals surface area contributed by atoms with Crippen LogP contribution in [0, 0.1) is 17.8 Å². The fraction of sp³-hybridized carbons (Fsp3) is 0.400. The van der Waals surface area contributed by atoms with Gasteiger partial charge in [0.15, 0.2) is 0 Å². The summed E-state index contributed by atoms with van der Waals surface area (Å²) in [4.78, 5) is 11.6. The normalized spacial score (nSPS) is 12.3. The number of terminal acetylenes is 1. The second-order valence-corrected chi connectivity index (χ2v) is 5.17. The molecular weight excluding hydrogens is 226 g/mol. The van der Waals surface area contributed by atoms with Gasteiger partial charge >= 0.3 is 6.09 Å². The standard InChI is InChI=1S/C15H19NO2/c1-5-13(15(2,3)4)16-14(17)18-11-12-9-7-6-8-10-12/h1,6-10,13H,11H2,2-4H3,(H,16,17)/t13-/m1/s1. The van der Waals surface area contributed by atoms with Gasteiger partial charge in [-0.25, -0.2) is 4.79 Å². The average molecular weight is 245 g/mol. The van der Waals surface area contributed by atoms with Gasteiger partial charge in [0, 0.05) is 0 Å². The first-order valence-electron chi connectivity index (χ1n) is 5.87. The van der Waals surface area contributed by atoms with Gasteiger partial charge in [0.05, 0.1) is 6.04 Å². The molecule has 0 spiro atoms. The van der Waals surface area contributed by atoms with Crippen LogP contribution in [0.25, 0.3) is 0 Å². The zero-order valence-corrected chi connectivity index (χ0v) is 11.1. The number of hydrogen-bond donors (Lipinski definition) is 1. The topological polar surface area (TPSA) is 38.3 Å². The third-order valence-corrected chi connectivity index (χ3v) is 2.51. The van der Waals surface area contributed by atoms with Crippen LogP contribution in [0.3, 0.4) is 0 Å². The van der Waals surface area contributed by atoms with Crippen molar-refractivity contribution in [3.8, 4) is 12.3 Å². The SMILES string of the molecule is C#C[C@@H](NC(=O)OCc1ccccc1)C(C)(C)C. The van der Waals surface area contributed by atoms with E-state index in [9.17, 15) is 4.79 Å². The molecule has 1 aromatic rings. The molecule has 0 saturated carbocycles. The van der Waals surface area contributed by atoms with Crippen molar-refractivity contribution in [2.45, 2.75) is 33.4 Å². The summed E-state index contributed by atoms with van der Waals surface area (Å²) in [5.74, 6) is 2.56. The van der Waals surface area contributed by atoms with E-state index in [0.717, 1.165) is 5.56 Å². The molecule has 0 radical (unpaired) electrons. The molecule has 0 bridgehead atoms. The van der Waals surface area contributed by atoms with E-state index < -0.39 is 6.09 Å². The molecule has 0 aromatic heterocycles. The maximum atomic E-state index is 11.6. The molecule has 0 heterocycles. The number of ether oxygens (including phenoxy) is 1. The van der Waals surface area contributed by atoms with E-state index >= 15 is 0 Å². The molecule has 3 heteroatoms. The lowest BCUT2D eigenvalue weighted by molar-refractivity contribution is 0.131. The summed E-state index contributed by atoms with van der Waals surface area (Å²) in [6.07, 6.45) is 4.91. The van der Waals surface area contributed by atoms with E-state index in [2.05, 4.69) is 11.2 Å². The highest BCUT2D eigenvalue weighted by Crippen LogP contribution is 2.18. The van der Waals surface area contributed by atoms with Crippen LogP contribution in [0.5, 0.6) is 0 Å². The minimum atomic E-state index is -0.489. The zero-order valence-electron chi connectivity index (χ0n) is 11.1. The highest BCUT2D eigenvalue weighted by Gasteiger charge is 2.24. The Bertz CT molecular complexity index is 426. The van der Waals surface area contributed by atoms with Crippen molar-refractivity contribution >= 4 is 6.09 Å². The third kappa shape index (κ3) is 4.50. The van der Waals surface area contributed by atoms with Crippen LogP contribution in [0.2, 0.25) is 0 Å². The van der Waals surface area contributed by atoms with Crippen LogP contribution in [-0.2, 0) is 11.3 Å². The Hall–Kier alpha value is -1.95. The van der Waals surface area contributed by atoms with Crippen LogP contribution in [-0.4, -0.2) is 12.1 Å². The predicted octanol–water partition coefficient (Wildman–Crippen LogP) is 2.96. The fourth-order valence-electron chi connectivity index (χ4n) is 1.39. The summed E-state index contributed by atoms with van der Waals surface area (Å²) in [7, 11) is 0. The molecular formula is C15H19NO2. The van der Waals surface area contributed by atoms with E-state index in [4.69, 9.17) is 11.2 Å². The van der Waals surface area contributed by atoms with Gasteiger partial charge in [0.2, 0.25) is 0 Å². The van der Waals surface area contributed by atoms with Crippen LogP contribution in [0.15, 0.2) is 30.3 Å². The van der Waals surface area contributed by atoms with Crippen molar-refractivity contribution in [1.29, 1.82) is 0 Å². The molecule has 0 fully saturated rings. The van der Waals surface area contributed by atoms with E-state index in [-0.39, 0.29) is 18.1 Å². The van der Waals surface area contributed by atoms with E-state index in [1.54, 1.807) is 0 Å². The van der Waals surface area contributed by atoms with Crippen molar-refractivity contribution in [2.24, 2.45) is 5.41 Å². The van der Waals surface area contributed by atoms with E-state index in [0.29, 0.717) is 0 Å². The predicted molar refractivity (Wildman–Crippen MR) is 71.8 cm³/mol. The number of carbonyl (C=O) groups is 1. The van der Waals surface area contributed by atoms with Gasteiger partial charge in [-0.3, -0.25) is 0 Å². The number of benzene rings is 1. The quantitative estimate of drug-likeness (QED) is 0.831. The van der Waals surface area contributed by atoms with Crippen LogP contribution in [0.4, 0.5) is 4.79 Å². The first-order chi connectivity index (χ1) is 8.43. The van der Waals surface area contributed by atoms with Crippen molar-refractivity contribution < 1.29 is 9.53 Å². The molecule has 1 aromatic carbocycles. The second kappa shape index (κ2) is 6.11. The molecule has 1 amide bonds. The maximum Gasteiger partial charge on any atom is 0.408 e. The Labute approximate surface area is 109 Å². The van der Waals surface area contributed by atoms with Crippen molar-refractivity contribution in [1.82, 2.24) is 5.32 Å². The number of carbonyl (C=O) groups excluding carboxylic acids is 1. The molecule has 0 saturated heterocycles. The number of nitrogens with one attached hydrogen (secondary N) is 1. The van der Waals surface area contributed by atoms with Crippen LogP contribution >= 0.6 is 0 Å².